The van der Waals surface area contributed by atoms with Gasteiger partial charge in [0.1, 0.15) is 0 Å². The number of carbonyl (C=O) groups is 1. The van der Waals surface area contributed by atoms with Crippen molar-refractivity contribution in [1.29, 1.82) is 5.26 Å². The van der Waals surface area contributed by atoms with E-state index >= 15 is 0 Å². The molecule has 0 saturated heterocycles. The number of nitriles is 1. The van der Waals surface area contributed by atoms with Crippen LogP contribution >= 0.6 is 11.8 Å². The molecule has 84 valence electrons. The van der Waals surface area contributed by atoms with Gasteiger partial charge in [0.25, 0.3) is 0 Å². The lowest BCUT2D eigenvalue weighted by Crippen LogP contribution is -2.29. The van der Waals surface area contributed by atoms with Gasteiger partial charge in [0.05, 0.1) is 18.2 Å². The smallest absolute Gasteiger partial charge is 0.232 e. The second-order valence-electron chi connectivity index (χ2n) is 3.04. The molecule has 0 aliphatic carbocycles. The number of rotatable bonds is 5. The average Bonchev–Trinajstić information content (AvgIpc) is 2.34. The lowest BCUT2D eigenvalue weighted by Gasteiger charge is -2.14. The zero-order valence-electron chi connectivity index (χ0n) is 8.96. The van der Waals surface area contributed by atoms with Crippen LogP contribution in [0.15, 0.2) is 23.6 Å². The zero-order chi connectivity index (χ0) is 11.8. The van der Waals surface area contributed by atoms with E-state index < -0.39 is 0 Å². The topological polar surface area (TPSA) is 69.9 Å². The van der Waals surface area contributed by atoms with Crippen LogP contribution in [0, 0.1) is 11.3 Å². The minimum absolute atomic E-state index is 0.0206. The fourth-order valence-corrected chi connectivity index (χ4v) is 1.68. The van der Waals surface area contributed by atoms with Crippen molar-refractivity contribution in [2.45, 2.75) is 11.6 Å². The van der Waals surface area contributed by atoms with E-state index in [1.165, 1.54) is 11.8 Å². The van der Waals surface area contributed by atoms with Gasteiger partial charge in [0.15, 0.2) is 5.16 Å². The molecule has 0 atom stereocenters. The summed E-state index contributed by atoms with van der Waals surface area (Å²) in [5.74, 6) is 0.277. The Kier molecular flexibility index (Phi) is 5.29. The van der Waals surface area contributed by atoms with Crippen molar-refractivity contribution in [3.63, 3.8) is 0 Å². The SMILES string of the molecule is CN(CCC#N)C(=O)CSc1ncccn1. The summed E-state index contributed by atoms with van der Waals surface area (Å²) in [6, 6.07) is 3.73. The third kappa shape index (κ3) is 4.28. The molecule has 1 heterocycles. The summed E-state index contributed by atoms with van der Waals surface area (Å²) in [5.41, 5.74) is 0. The van der Waals surface area contributed by atoms with Crippen molar-refractivity contribution in [1.82, 2.24) is 14.9 Å². The van der Waals surface area contributed by atoms with E-state index in [0.29, 0.717) is 23.9 Å². The fraction of sp³-hybridized carbons (Fsp3) is 0.400. The lowest BCUT2D eigenvalue weighted by atomic mass is 10.4. The number of thioether (sulfide) groups is 1. The number of amides is 1. The van der Waals surface area contributed by atoms with Crippen LogP contribution in [0.5, 0.6) is 0 Å². The highest BCUT2D eigenvalue weighted by Crippen LogP contribution is 2.11. The maximum absolute atomic E-state index is 11.6. The second-order valence-corrected chi connectivity index (χ2v) is 3.99. The van der Waals surface area contributed by atoms with Crippen LogP contribution in [-0.4, -0.2) is 40.1 Å². The molecule has 0 aromatic carbocycles. The maximum atomic E-state index is 11.6. The summed E-state index contributed by atoms with van der Waals surface area (Å²) < 4.78 is 0. The first kappa shape index (κ1) is 12.5. The van der Waals surface area contributed by atoms with Gasteiger partial charge in [-0.1, -0.05) is 11.8 Å². The Morgan fingerprint density at radius 1 is 1.56 bits per heavy atom. The molecule has 0 N–H and O–H groups in total. The number of hydrogen-bond acceptors (Lipinski definition) is 5. The molecule has 0 aliphatic rings. The van der Waals surface area contributed by atoms with Crippen LogP contribution in [0.1, 0.15) is 6.42 Å². The first-order valence-corrected chi connectivity index (χ1v) is 5.73. The number of carbonyl (C=O) groups excluding carboxylic acids is 1. The van der Waals surface area contributed by atoms with Crippen LogP contribution in [0.25, 0.3) is 0 Å². The number of aromatic nitrogens is 2. The average molecular weight is 236 g/mol. The molecule has 16 heavy (non-hydrogen) atoms. The third-order valence-electron chi connectivity index (χ3n) is 1.85. The van der Waals surface area contributed by atoms with Crippen LogP contribution in [0.4, 0.5) is 0 Å². The van der Waals surface area contributed by atoms with E-state index in [1.54, 1.807) is 30.4 Å². The predicted molar refractivity (Wildman–Crippen MR) is 60.6 cm³/mol. The zero-order valence-corrected chi connectivity index (χ0v) is 9.78. The molecule has 5 nitrogen and oxygen atoms in total. The predicted octanol–water partition coefficient (Wildman–Crippen LogP) is 0.941. The quantitative estimate of drug-likeness (QED) is 0.562. The molecule has 0 bridgehead atoms. The Morgan fingerprint density at radius 3 is 2.88 bits per heavy atom. The maximum Gasteiger partial charge on any atom is 0.232 e. The van der Waals surface area contributed by atoms with Gasteiger partial charge < -0.3 is 4.90 Å². The molecule has 1 amide bonds. The van der Waals surface area contributed by atoms with Crippen LogP contribution in [-0.2, 0) is 4.79 Å². The Bertz CT molecular complexity index is 376. The van der Waals surface area contributed by atoms with Gasteiger partial charge in [0.2, 0.25) is 5.91 Å². The molecular formula is C10H12N4OS. The first-order chi connectivity index (χ1) is 7.74. The molecule has 0 spiro atoms. The van der Waals surface area contributed by atoms with Crippen molar-refractivity contribution in [2.24, 2.45) is 0 Å². The highest BCUT2D eigenvalue weighted by Gasteiger charge is 2.09. The summed E-state index contributed by atoms with van der Waals surface area (Å²) >= 11 is 1.29. The van der Waals surface area contributed by atoms with E-state index in [4.69, 9.17) is 5.26 Å². The Labute approximate surface area is 98.5 Å². The Balaban J connectivity index is 2.33. The van der Waals surface area contributed by atoms with Gasteiger partial charge in [-0.3, -0.25) is 4.79 Å². The number of hydrogen-bond donors (Lipinski definition) is 0. The molecule has 1 rings (SSSR count). The van der Waals surface area contributed by atoms with Crippen LogP contribution < -0.4 is 0 Å². The molecule has 1 aromatic heterocycles. The Morgan fingerprint density at radius 2 is 2.25 bits per heavy atom. The molecule has 0 unspecified atom stereocenters. The second kappa shape index (κ2) is 6.80. The van der Waals surface area contributed by atoms with Crippen molar-refractivity contribution < 1.29 is 4.79 Å². The minimum Gasteiger partial charge on any atom is -0.344 e. The fourth-order valence-electron chi connectivity index (χ4n) is 0.939. The van der Waals surface area contributed by atoms with Gasteiger partial charge in [-0.25, -0.2) is 9.97 Å². The van der Waals surface area contributed by atoms with E-state index in [9.17, 15) is 4.79 Å². The summed E-state index contributed by atoms with van der Waals surface area (Å²) in [6.07, 6.45) is 3.63. The van der Waals surface area contributed by atoms with Crippen molar-refractivity contribution in [2.75, 3.05) is 19.3 Å². The van der Waals surface area contributed by atoms with E-state index in [-0.39, 0.29) is 5.91 Å². The third-order valence-corrected chi connectivity index (χ3v) is 2.71. The van der Waals surface area contributed by atoms with Crippen molar-refractivity contribution >= 4 is 17.7 Å². The molecular weight excluding hydrogens is 224 g/mol. The van der Waals surface area contributed by atoms with Crippen LogP contribution in [0.2, 0.25) is 0 Å². The molecule has 6 heteroatoms. The standard InChI is InChI=1S/C10H12N4OS/c1-14(7-2-4-11)9(15)8-16-10-12-5-3-6-13-10/h3,5-6H,2,7-8H2,1H3. The summed E-state index contributed by atoms with van der Waals surface area (Å²) in [6.45, 7) is 0.464. The van der Waals surface area contributed by atoms with Gasteiger partial charge in [-0.05, 0) is 6.07 Å². The number of nitrogens with zero attached hydrogens (tertiary/aromatic N) is 4. The molecule has 0 saturated carbocycles. The van der Waals surface area contributed by atoms with E-state index in [0.717, 1.165) is 0 Å². The normalized spacial score (nSPS) is 9.50. The van der Waals surface area contributed by atoms with Crippen LogP contribution in [0.3, 0.4) is 0 Å². The Hall–Kier alpha value is -1.61. The van der Waals surface area contributed by atoms with Gasteiger partial charge >= 0.3 is 0 Å². The highest BCUT2D eigenvalue weighted by molar-refractivity contribution is 7.99. The highest BCUT2D eigenvalue weighted by atomic mass is 32.2. The van der Waals surface area contributed by atoms with Gasteiger partial charge in [0, 0.05) is 26.0 Å². The minimum atomic E-state index is -0.0206. The molecule has 1 aromatic rings. The van der Waals surface area contributed by atoms with Gasteiger partial charge in [-0.15, -0.1) is 0 Å². The monoisotopic (exact) mass is 236 g/mol. The summed E-state index contributed by atoms with van der Waals surface area (Å²) in [5, 5.41) is 8.98. The van der Waals surface area contributed by atoms with Gasteiger partial charge in [-0.2, -0.15) is 5.26 Å². The molecule has 0 aliphatic heterocycles. The molecule has 0 radical (unpaired) electrons. The lowest BCUT2D eigenvalue weighted by molar-refractivity contribution is -0.127. The van der Waals surface area contributed by atoms with Crippen molar-refractivity contribution in [3.05, 3.63) is 18.5 Å². The van der Waals surface area contributed by atoms with E-state index in [2.05, 4.69) is 9.97 Å². The van der Waals surface area contributed by atoms with Crippen molar-refractivity contribution in [3.8, 4) is 6.07 Å². The largest absolute Gasteiger partial charge is 0.344 e. The molecule has 0 fully saturated rings. The van der Waals surface area contributed by atoms with E-state index in [1.807, 2.05) is 6.07 Å². The summed E-state index contributed by atoms with van der Waals surface area (Å²) in [7, 11) is 1.69. The summed E-state index contributed by atoms with van der Waals surface area (Å²) in [4.78, 5) is 21.1. The first-order valence-electron chi connectivity index (χ1n) is 4.74.